The summed E-state index contributed by atoms with van der Waals surface area (Å²) in [6.07, 6.45) is 3.87. The van der Waals surface area contributed by atoms with Gasteiger partial charge in [0.2, 0.25) is 0 Å². The molecular weight excluding hydrogens is 268 g/mol. The van der Waals surface area contributed by atoms with Crippen LogP contribution in [0.25, 0.3) is 0 Å². The quantitative estimate of drug-likeness (QED) is 0.814. The third-order valence-corrected chi connectivity index (χ3v) is 4.66. The number of hydrogen-bond donors (Lipinski definition) is 1. The first-order valence-electron chi connectivity index (χ1n) is 7.94. The van der Waals surface area contributed by atoms with Crippen molar-refractivity contribution in [1.82, 2.24) is 10.2 Å². The lowest BCUT2D eigenvalue weighted by molar-refractivity contribution is 0.299. The zero-order chi connectivity index (χ0) is 14.4. The fraction of sp³-hybridized carbons (Fsp3) is 0.647. The highest BCUT2D eigenvalue weighted by molar-refractivity contribution is 6.30. The predicted octanol–water partition coefficient (Wildman–Crippen LogP) is 4.11. The van der Waals surface area contributed by atoms with E-state index in [9.17, 15) is 0 Å². The van der Waals surface area contributed by atoms with Crippen molar-refractivity contribution in [3.8, 4) is 0 Å². The molecule has 1 fully saturated rings. The van der Waals surface area contributed by atoms with Crippen LogP contribution in [0.4, 0.5) is 0 Å². The maximum absolute atomic E-state index is 5.98. The van der Waals surface area contributed by atoms with Crippen LogP contribution in [0.1, 0.15) is 44.7 Å². The highest BCUT2D eigenvalue weighted by atomic mass is 35.5. The summed E-state index contributed by atoms with van der Waals surface area (Å²) in [5.41, 5.74) is 1.35. The van der Waals surface area contributed by atoms with Crippen molar-refractivity contribution in [2.24, 2.45) is 5.92 Å². The van der Waals surface area contributed by atoms with Gasteiger partial charge in [0.15, 0.2) is 0 Å². The van der Waals surface area contributed by atoms with Crippen LogP contribution in [0.3, 0.4) is 0 Å². The van der Waals surface area contributed by atoms with E-state index in [4.69, 9.17) is 11.6 Å². The third kappa shape index (κ3) is 4.47. The number of nitrogens with one attached hydrogen (secondary N) is 1. The molecule has 0 amide bonds. The zero-order valence-corrected chi connectivity index (χ0v) is 13.5. The van der Waals surface area contributed by atoms with Crippen molar-refractivity contribution in [2.75, 3.05) is 26.2 Å². The molecule has 1 N–H and O–H groups in total. The van der Waals surface area contributed by atoms with Crippen molar-refractivity contribution in [3.63, 3.8) is 0 Å². The Kier molecular flexibility index (Phi) is 6.34. The molecule has 2 nitrogen and oxygen atoms in total. The Balaban J connectivity index is 1.88. The molecule has 1 aromatic rings. The second kappa shape index (κ2) is 8.02. The molecule has 112 valence electrons. The van der Waals surface area contributed by atoms with Gasteiger partial charge in [-0.3, -0.25) is 0 Å². The Labute approximate surface area is 128 Å². The molecule has 0 bridgehead atoms. The van der Waals surface area contributed by atoms with Crippen LogP contribution in [-0.4, -0.2) is 31.1 Å². The van der Waals surface area contributed by atoms with Gasteiger partial charge >= 0.3 is 0 Å². The van der Waals surface area contributed by atoms with Crippen molar-refractivity contribution in [3.05, 3.63) is 34.9 Å². The zero-order valence-electron chi connectivity index (χ0n) is 12.7. The number of likely N-dealkylation sites (tertiary alicyclic amines) is 1. The van der Waals surface area contributed by atoms with Gasteiger partial charge in [-0.2, -0.15) is 0 Å². The number of nitrogens with zero attached hydrogens (tertiary/aromatic N) is 1. The van der Waals surface area contributed by atoms with Gasteiger partial charge < -0.3 is 10.2 Å². The van der Waals surface area contributed by atoms with Gasteiger partial charge in [-0.15, -0.1) is 0 Å². The number of benzene rings is 1. The van der Waals surface area contributed by atoms with E-state index in [1.165, 1.54) is 44.5 Å². The highest BCUT2D eigenvalue weighted by Gasteiger charge is 2.21. The van der Waals surface area contributed by atoms with E-state index >= 15 is 0 Å². The Morgan fingerprint density at radius 3 is 2.65 bits per heavy atom. The summed E-state index contributed by atoms with van der Waals surface area (Å²) >= 11 is 5.98. The standard InChI is InChI=1S/C17H27ClN2/c1-3-14-9-11-20(13-14)12-10-17(19-4-2)15-5-7-16(18)8-6-15/h5-8,14,17,19H,3-4,9-13H2,1-2H3. The second-order valence-electron chi connectivity index (χ2n) is 5.81. The summed E-state index contributed by atoms with van der Waals surface area (Å²) in [4.78, 5) is 2.62. The summed E-state index contributed by atoms with van der Waals surface area (Å²) in [6.45, 7) is 9.24. The summed E-state index contributed by atoms with van der Waals surface area (Å²) < 4.78 is 0. The topological polar surface area (TPSA) is 15.3 Å². The average molecular weight is 295 g/mol. The first-order chi connectivity index (χ1) is 9.72. The van der Waals surface area contributed by atoms with E-state index in [-0.39, 0.29) is 0 Å². The van der Waals surface area contributed by atoms with Crippen molar-refractivity contribution >= 4 is 11.6 Å². The second-order valence-corrected chi connectivity index (χ2v) is 6.25. The number of rotatable bonds is 7. The van der Waals surface area contributed by atoms with Gasteiger partial charge in [-0.1, -0.05) is 44.0 Å². The Morgan fingerprint density at radius 2 is 2.05 bits per heavy atom. The van der Waals surface area contributed by atoms with Gasteiger partial charge in [0, 0.05) is 17.6 Å². The van der Waals surface area contributed by atoms with Crippen molar-refractivity contribution in [2.45, 2.75) is 39.2 Å². The van der Waals surface area contributed by atoms with Gasteiger partial charge in [0.25, 0.3) is 0 Å². The Morgan fingerprint density at radius 1 is 1.30 bits per heavy atom. The molecular formula is C17H27ClN2. The molecule has 2 atom stereocenters. The van der Waals surface area contributed by atoms with Gasteiger partial charge in [-0.05, 0) is 56.1 Å². The molecule has 2 unspecified atom stereocenters. The molecule has 2 rings (SSSR count). The number of halogens is 1. The molecule has 0 aliphatic carbocycles. The summed E-state index contributed by atoms with van der Waals surface area (Å²) in [6, 6.07) is 8.72. The van der Waals surface area contributed by atoms with Crippen LogP contribution in [0.5, 0.6) is 0 Å². The molecule has 0 radical (unpaired) electrons. The summed E-state index contributed by atoms with van der Waals surface area (Å²) in [5.74, 6) is 0.920. The van der Waals surface area contributed by atoms with E-state index in [0.29, 0.717) is 6.04 Å². The van der Waals surface area contributed by atoms with Gasteiger partial charge in [0.05, 0.1) is 0 Å². The highest BCUT2D eigenvalue weighted by Crippen LogP contribution is 2.23. The lowest BCUT2D eigenvalue weighted by Gasteiger charge is -2.22. The maximum atomic E-state index is 5.98. The molecule has 1 heterocycles. The van der Waals surface area contributed by atoms with Gasteiger partial charge in [0.1, 0.15) is 0 Å². The maximum Gasteiger partial charge on any atom is 0.0406 e. The SMILES string of the molecule is CCNC(CCN1CCC(CC)C1)c1ccc(Cl)cc1. The van der Waals surface area contributed by atoms with Crippen LogP contribution in [-0.2, 0) is 0 Å². The third-order valence-electron chi connectivity index (χ3n) is 4.40. The predicted molar refractivity (Wildman–Crippen MR) is 87.3 cm³/mol. The van der Waals surface area contributed by atoms with Crippen LogP contribution >= 0.6 is 11.6 Å². The Bertz CT molecular complexity index is 390. The molecule has 1 saturated heterocycles. The van der Waals surface area contributed by atoms with E-state index in [1.54, 1.807) is 0 Å². The fourth-order valence-corrected chi connectivity index (χ4v) is 3.21. The molecule has 1 aliphatic rings. The first kappa shape index (κ1) is 15.8. The molecule has 1 aliphatic heterocycles. The van der Waals surface area contributed by atoms with E-state index in [2.05, 4.69) is 36.2 Å². The van der Waals surface area contributed by atoms with Crippen LogP contribution in [0.15, 0.2) is 24.3 Å². The largest absolute Gasteiger partial charge is 0.310 e. The minimum absolute atomic E-state index is 0.443. The average Bonchev–Trinajstić information content (AvgIpc) is 2.92. The molecule has 20 heavy (non-hydrogen) atoms. The van der Waals surface area contributed by atoms with Crippen LogP contribution in [0, 0.1) is 5.92 Å². The van der Waals surface area contributed by atoms with E-state index < -0.39 is 0 Å². The minimum atomic E-state index is 0.443. The number of hydrogen-bond acceptors (Lipinski definition) is 2. The van der Waals surface area contributed by atoms with Crippen LogP contribution < -0.4 is 5.32 Å². The molecule has 0 aromatic heterocycles. The van der Waals surface area contributed by atoms with E-state index in [0.717, 1.165) is 17.5 Å². The molecule has 0 saturated carbocycles. The van der Waals surface area contributed by atoms with E-state index in [1.807, 2.05) is 12.1 Å². The lowest BCUT2D eigenvalue weighted by Crippen LogP contribution is -2.28. The summed E-state index contributed by atoms with van der Waals surface area (Å²) in [7, 11) is 0. The monoisotopic (exact) mass is 294 g/mol. The smallest absolute Gasteiger partial charge is 0.0406 e. The molecule has 3 heteroatoms. The Hall–Kier alpha value is -0.570. The lowest BCUT2D eigenvalue weighted by atomic mass is 10.0. The molecule has 1 aromatic carbocycles. The van der Waals surface area contributed by atoms with Crippen molar-refractivity contribution in [1.29, 1.82) is 0 Å². The normalized spacial score (nSPS) is 21.2. The minimum Gasteiger partial charge on any atom is -0.310 e. The van der Waals surface area contributed by atoms with Crippen LogP contribution in [0.2, 0.25) is 5.02 Å². The first-order valence-corrected chi connectivity index (χ1v) is 8.32. The van der Waals surface area contributed by atoms with Gasteiger partial charge in [-0.25, -0.2) is 0 Å². The fourth-order valence-electron chi connectivity index (χ4n) is 3.09. The van der Waals surface area contributed by atoms with Crippen molar-refractivity contribution < 1.29 is 0 Å². The molecule has 0 spiro atoms. The summed E-state index contributed by atoms with van der Waals surface area (Å²) in [5, 5.41) is 4.41.